The number of nitrogens with one attached hydrogen (secondary N) is 1. The third-order valence-electron chi connectivity index (χ3n) is 3.15. The van der Waals surface area contributed by atoms with Gasteiger partial charge < -0.3 is 10.4 Å². The Labute approximate surface area is 88.1 Å². The molecule has 0 aromatic carbocycles. The van der Waals surface area contributed by atoms with Gasteiger partial charge in [0.05, 0.1) is 5.60 Å². The Hall–Kier alpha value is -0.0800. The number of aliphatic hydroxyl groups is 1. The summed E-state index contributed by atoms with van der Waals surface area (Å²) in [7, 11) is 0. The van der Waals surface area contributed by atoms with Crippen molar-refractivity contribution in [1.82, 2.24) is 5.32 Å². The van der Waals surface area contributed by atoms with Crippen molar-refractivity contribution in [2.24, 2.45) is 5.41 Å². The zero-order chi connectivity index (χ0) is 10.7. The maximum atomic E-state index is 9.53. The molecular weight excluding hydrogens is 174 g/mol. The molecule has 0 radical (unpaired) electrons. The van der Waals surface area contributed by atoms with Crippen molar-refractivity contribution in [3.8, 4) is 0 Å². The molecule has 1 aliphatic carbocycles. The SMILES string of the molecule is CCCC1(CNCCC(C)(C)O)CC1. The molecule has 0 atom stereocenters. The van der Waals surface area contributed by atoms with Crippen molar-refractivity contribution in [2.75, 3.05) is 13.1 Å². The molecule has 2 N–H and O–H groups in total. The highest BCUT2D eigenvalue weighted by atomic mass is 16.3. The van der Waals surface area contributed by atoms with Gasteiger partial charge in [0.1, 0.15) is 0 Å². The van der Waals surface area contributed by atoms with Gasteiger partial charge in [-0.2, -0.15) is 0 Å². The molecule has 14 heavy (non-hydrogen) atoms. The Morgan fingerprint density at radius 3 is 2.43 bits per heavy atom. The fourth-order valence-corrected chi connectivity index (χ4v) is 1.97. The normalized spacial score (nSPS) is 19.7. The van der Waals surface area contributed by atoms with Crippen LogP contribution in [0.5, 0.6) is 0 Å². The quantitative estimate of drug-likeness (QED) is 0.617. The molecule has 1 aliphatic rings. The zero-order valence-electron chi connectivity index (χ0n) is 9.90. The third-order valence-corrected chi connectivity index (χ3v) is 3.15. The van der Waals surface area contributed by atoms with Crippen LogP contribution in [0.2, 0.25) is 0 Å². The van der Waals surface area contributed by atoms with E-state index in [4.69, 9.17) is 0 Å². The second-order valence-electron chi connectivity index (χ2n) is 5.49. The van der Waals surface area contributed by atoms with Crippen LogP contribution in [0.15, 0.2) is 0 Å². The Bertz CT molecular complexity index is 168. The van der Waals surface area contributed by atoms with E-state index < -0.39 is 5.60 Å². The van der Waals surface area contributed by atoms with E-state index in [0.717, 1.165) is 19.5 Å². The van der Waals surface area contributed by atoms with Gasteiger partial charge in [0.15, 0.2) is 0 Å². The van der Waals surface area contributed by atoms with E-state index >= 15 is 0 Å². The minimum atomic E-state index is -0.519. The van der Waals surface area contributed by atoms with Crippen LogP contribution in [0, 0.1) is 5.41 Å². The predicted molar refractivity (Wildman–Crippen MR) is 60.4 cm³/mol. The summed E-state index contributed by atoms with van der Waals surface area (Å²) in [4.78, 5) is 0. The summed E-state index contributed by atoms with van der Waals surface area (Å²) in [5.74, 6) is 0. The molecule has 2 heteroatoms. The molecule has 0 heterocycles. The van der Waals surface area contributed by atoms with Gasteiger partial charge in [-0.25, -0.2) is 0 Å². The molecule has 0 saturated heterocycles. The molecule has 0 aromatic rings. The zero-order valence-corrected chi connectivity index (χ0v) is 9.90. The Morgan fingerprint density at radius 1 is 1.36 bits per heavy atom. The first-order valence-electron chi connectivity index (χ1n) is 5.91. The lowest BCUT2D eigenvalue weighted by molar-refractivity contribution is 0.0707. The first kappa shape index (κ1) is 12.0. The van der Waals surface area contributed by atoms with Crippen LogP contribution in [0.3, 0.4) is 0 Å². The lowest BCUT2D eigenvalue weighted by Crippen LogP contribution is -2.30. The van der Waals surface area contributed by atoms with E-state index in [1.165, 1.54) is 25.7 Å². The van der Waals surface area contributed by atoms with Crippen LogP contribution < -0.4 is 5.32 Å². The van der Waals surface area contributed by atoms with Crippen molar-refractivity contribution >= 4 is 0 Å². The molecule has 0 amide bonds. The maximum Gasteiger partial charge on any atom is 0.0603 e. The van der Waals surface area contributed by atoms with Gasteiger partial charge in [-0.3, -0.25) is 0 Å². The minimum Gasteiger partial charge on any atom is -0.390 e. The van der Waals surface area contributed by atoms with Gasteiger partial charge in [0, 0.05) is 6.54 Å². The van der Waals surface area contributed by atoms with E-state index in [1.807, 2.05) is 13.8 Å². The maximum absolute atomic E-state index is 9.53. The second kappa shape index (κ2) is 4.63. The lowest BCUT2D eigenvalue weighted by Gasteiger charge is -2.19. The smallest absolute Gasteiger partial charge is 0.0603 e. The van der Waals surface area contributed by atoms with Crippen LogP contribution in [0.25, 0.3) is 0 Å². The topological polar surface area (TPSA) is 32.3 Å². The van der Waals surface area contributed by atoms with Crippen molar-refractivity contribution < 1.29 is 5.11 Å². The lowest BCUT2D eigenvalue weighted by atomic mass is 10.0. The molecule has 0 aromatic heterocycles. The van der Waals surface area contributed by atoms with E-state index in [1.54, 1.807) is 0 Å². The molecule has 1 fully saturated rings. The Kier molecular flexibility index (Phi) is 3.96. The first-order valence-corrected chi connectivity index (χ1v) is 5.91. The second-order valence-corrected chi connectivity index (χ2v) is 5.49. The molecule has 0 unspecified atom stereocenters. The summed E-state index contributed by atoms with van der Waals surface area (Å²) in [6, 6.07) is 0. The molecule has 1 saturated carbocycles. The van der Waals surface area contributed by atoms with Crippen LogP contribution >= 0.6 is 0 Å². The van der Waals surface area contributed by atoms with Gasteiger partial charge in [0.2, 0.25) is 0 Å². The van der Waals surface area contributed by atoms with Crippen molar-refractivity contribution in [1.29, 1.82) is 0 Å². The molecule has 1 rings (SSSR count). The van der Waals surface area contributed by atoms with E-state index in [-0.39, 0.29) is 0 Å². The van der Waals surface area contributed by atoms with E-state index in [9.17, 15) is 5.11 Å². The molecule has 0 spiro atoms. The van der Waals surface area contributed by atoms with Crippen LogP contribution in [-0.4, -0.2) is 23.8 Å². The number of hydrogen-bond acceptors (Lipinski definition) is 2. The molecule has 84 valence electrons. The monoisotopic (exact) mass is 199 g/mol. The summed E-state index contributed by atoms with van der Waals surface area (Å²) in [6.07, 6.45) is 6.30. The summed E-state index contributed by atoms with van der Waals surface area (Å²) in [6.45, 7) is 8.09. The average Bonchev–Trinajstić information content (AvgIpc) is 2.79. The van der Waals surface area contributed by atoms with Gasteiger partial charge in [-0.15, -0.1) is 0 Å². The van der Waals surface area contributed by atoms with Crippen molar-refractivity contribution in [3.63, 3.8) is 0 Å². The van der Waals surface area contributed by atoms with Gasteiger partial charge >= 0.3 is 0 Å². The van der Waals surface area contributed by atoms with Crippen molar-refractivity contribution in [2.45, 2.75) is 58.5 Å². The molecule has 0 bridgehead atoms. The fraction of sp³-hybridized carbons (Fsp3) is 1.00. The van der Waals surface area contributed by atoms with Gasteiger partial charge in [0.25, 0.3) is 0 Å². The first-order chi connectivity index (χ1) is 6.47. The Morgan fingerprint density at radius 2 is 2.00 bits per heavy atom. The highest BCUT2D eigenvalue weighted by molar-refractivity contribution is 4.94. The third kappa shape index (κ3) is 4.43. The predicted octanol–water partition coefficient (Wildman–Crippen LogP) is 2.32. The van der Waals surface area contributed by atoms with Crippen LogP contribution in [-0.2, 0) is 0 Å². The summed E-state index contributed by atoms with van der Waals surface area (Å²) in [5, 5.41) is 13.0. The van der Waals surface area contributed by atoms with Gasteiger partial charge in [-0.1, -0.05) is 13.3 Å². The van der Waals surface area contributed by atoms with Gasteiger partial charge in [-0.05, 0) is 51.5 Å². The number of hydrogen-bond donors (Lipinski definition) is 2. The summed E-state index contributed by atoms with van der Waals surface area (Å²) in [5.41, 5.74) is 0.114. The average molecular weight is 199 g/mol. The highest BCUT2D eigenvalue weighted by Gasteiger charge is 2.40. The van der Waals surface area contributed by atoms with Crippen LogP contribution in [0.1, 0.15) is 52.9 Å². The molecule has 2 nitrogen and oxygen atoms in total. The van der Waals surface area contributed by atoms with E-state index in [2.05, 4.69) is 12.2 Å². The van der Waals surface area contributed by atoms with E-state index in [0.29, 0.717) is 5.41 Å². The highest BCUT2D eigenvalue weighted by Crippen LogP contribution is 2.48. The fourth-order valence-electron chi connectivity index (χ4n) is 1.97. The minimum absolute atomic E-state index is 0.519. The molecule has 0 aliphatic heterocycles. The summed E-state index contributed by atoms with van der Waals surface area (Å²) >= 11 is 0. The standard InChI is InChI=1S/C12H25NO/c1-4-5-12(6-7-12)10-13-9-8-11(2,3)14/h13-14H,4-10H2,1-3H3. The van der Waals surface area contributed by atoms with Crippen LogP contribution in [0.4, 0.5) is 0 Å². The Balaban J connectivity index is 2.04. The summed E-state index contributed by atoms with van der Waals surface area (Å²) < 4.78 is 0. The van der Waals surface area contributed by atoms with Crippen molar-refractivity contribution in [3.05, 3.63) is 0 Å². The molecular formula is C12H25NO. The largest absolute Gasteiger partial charge is 0.390 e. The number of rotatable bonds is 7.